The molecule has 0 spiro atoms. The maximum atomic E-state index is 5.07. The van der Waals surface area contributed by atoms with E-state index in [1.165, 1.54) is 26.8 Å². The zero-order chi connectivity index (χ0) is 18.1. The van der Waals surface area contributed by atoms with Crippen molar-refractivity contribution in [2.75, 3.05) is 26.2 Å². The fourth-order valence-electron chi connectivity index (χ4n) is 4.01. The number of nitrogens with zero attached hydrogens (tertiary/aromatic N) is 2. The van der Waals surface area contributed by atoms with E-state index < -0.39 is 0 Å². The van der Waals surface area contributed by atoms with E-state index in [0.29, 0.717) is 0 Å². The van der Waals surface area contributed by atoms with Crippen LogP contribution in [-0.4, -0.2) is 36.1 Å². The number of benzene rings is 2. The largest absolute Gasteiger partial charge is 0.315 e. The number of pyridine rings is 1. The highest BCUT2D eigenvalue weighted by Gasteiger charge is 2.26. The SMILES string of the molecule is c1ccc2nc(C(c3cc4ccccc4s3)N3CCCNCC3)ccc2c1. The van der Waals surface area contributed by atoms with E-state index in [2.05, 4.69) is 76.9 Å². The van der Waals surface area contributed by atoms with Crippen LogP contribution in [0.3, 0.4) is 0 Å². The van der Waals surface area contributed by atoms with E-state index in [1.54, 1.807) is 0 Å². The van der Waals surface area contributed by atoms with Gasteiger partial charge >= 0.3 is 0 Å². The highest BCUT2D eigenvalue weighted by molar-refractivity contribution is 7.19. The van der Waals surface area contributed by atoms with E-state index in [9.17, 15) is 0 Å². The minimum atomic E-state index is 0.215. The fourth-order valence-corrected chi connectivity index (χ4v) is 5.22. The van der Waals surface area contributed by atoms with Gasteiger partial charge in [0.1, 0.15) is 0 Å². The predicted octanol–water partition coefficient (Wildman–Crippen LogP) is 4.83. The van der Waals surface area contributed by atoms with Crippen LogP contribution < -0.4 is 5.32 Å². The Labute approximate surface area is 163 Å². The van der Waals surface area contributed by atoms with Crippen molar-refractivity contribution in [3.05, 3.63) is 77.3 Å². The first kappa shape index (κ1) is 16.9. The van der Waals surface area contributed by atoms with Crippen LogP contribution in [0.5, 0.6) is 0 Å². The molecule has 0 amide bonds. The summed E-state index contributed by atoms with van der Waals surface area (Å²) < 4.78 is 1.35. The van der Waals surface area contributed by atoms with Gasteiger partial charge in [-0.3, -0.25) is 9.88 Å². The molecular weight excluding hydrogens is 350 g/mol. The Kier molecular flexibility index (Phi) is 4.62. The Morgan fingerprint density at radius 3 is 2.67 bits per heavy atom. The van der Waals surface area contributed by atoms with Gasteiger partial charge in [-0.25, -0.2) is 0 Å². The second-order valence-corrected chi connectivity index (χ2v) is 8.27. The molecule has 5 rings (SSSR count). The van der Waals surface area contributed by atoms with Crippen LogP contribution in [-0.2, 0) is 0 Å². The third-order valence-electron chi connectivity index (χ3n) is 5.35. The second-order valence-electron chi connectivity index (χ2n) is 7.16. The van der Waals surface area contributed by atoms with Crippen molar-refractivity contribution in [2.45, 2.75) is 12.5 Å². The van der Waals surface area contributed by atoms with E-state index in [4.69, 9.17) is 4.98 Å². The van der Waals surface area contributed by atoms with Crippen molar-refractivity contribution in [1.82, 2.24) is 15.2 Å². The number of nitrogens with one attached hydrogen (secondary N) is 1. The number of para-hydroxylation sites is 1. The summed E-state index contributed by atoms with van der Waals surface area (Å²) in [6.07, 6.45) is 1.18. The molecule has 4 aromatic rings. The van der Waals surface area contributed by atoms with E-state index >= 15 is 0 Å². The minimum Gasteiger partial charge on any atom is -0.315 e. The average molecular weight is 374 g/mol. The van der Waals surface area contributed by atoms with Crippen LogP contribution >= 0.6 is 11.3 Å². The summed E-state index contributed by atoms with van der Waals surface area (Å²) in [6.45, 7) is 4.28. The normalized spacial score (nSPS) is 17.2. The molecule has 1 atom stereocenters. The van der Waals surface area contributed by atoms with Crippen molar-refractivity contribution in [3.63, 3.8) is 0 Å². The van der Waals surface area contributed by atoms with Crippen molar-refractivity contribution >= 4 is 32.3 Å². The van der Waals surface area contributed by atoms with Gasteiger partial charge in [0.2, 0.25) is 0 Å². The van der Waals surface area contributed by atoms with Crippen LogP contribution in [0.4, 0.5) is 0 Å². The lowest BCUT2D eigenvalue weighted by atomic mass is 10.1. The number of hydrogen-bond donors (Lipinski definition) is 1. The first-order valence-corrected chi connectivity index (χ1v) is 10.5. The molecule has 1 unspecified atom stereocenters. The van der Waals surface area contributed by atoms with Gasteiger partial charge in [-0.2, -0.15) is 0 Å². The molecule has 0 aliphatic carbocycles. The first-order valence-electron chi connectivity index (χ1n) is 9.67. The number of thiophene rings is 1. The molecule has 2 aromatic heterocycles. The molecule has 1 aliphatic heterocycles. The van der Waals surface area contributed by atoms with Gasteiger partial charge in [0.25, 0.3) is 0 Å². The van der Waals surface area contributed by atoms with Crippen LogP contribution in [0.2, 0.25) is 0 Å². The number of aromatic nitrogens is 1. The zero-order valence-electron chi connectivity index (χ0n) is 15.3. The lowest BCUT2D eigenvalue weighted by Gasteiger charge is -2.29. The van der Waals surface area contributed by atoms with Gasteiger partial charge in [-0.05, 0) is 42.6 Å². The molecule has 2 aromatic carbocycles. The van der Waals surface area contributed by atoms with Crippen molar-refractivity contribution < 1.29 is 0 Å². The number of hydrogen-bond acceptors (Lipinski definition) is 4. The molecule has 1 aliphatic rings. The Hall–Kier alpha value is -2.27. The van der Waals surface area contributed by atoms with Crippen LogP contribution in [0.15, 0.2) is 66.7 Å². The molecule has 3 nitrogen and oxygen atoms in total. The third kappa shape index (κ3) is 3.36. The van der Waals surface area contributed by atoms with E-state index in [-0.39, 0.29) is 6.04 Å². The number of fused-ring (bicyclic) bond motifs is 2. The summed E-state index contributed by atoms with van der Waals surface area (Å²) in [7, 11) is 0. The van der Waals surface area contributed by atoms with Crippen LogP contribution in [0, 0.1) is 0 Å². The van der Waals surface area contributed by atoms with Gasteiger partial charge in [0.15, 0.2) is 0 Å². The zero-order valence-corrected chi connectivity index (χ0v) is 16.1. The highest BCUT2D eigenvalue weighted by Crippen LogP contribution is 2.36. The molecule has 1 saturated heterocycles. The predicted molar refractivity (Wildman–Crippen MR) is 114 cm³/mol. The summed E-state index contributed by atoms with van der Waals surface area (Å²) in [5.41, 5.74) is 2.23. The minimum absolute atomic E-state index is 0.215. The maximum Gasteiger partial charge on any atom is 0.0871 e. The monoisotopic (exact) mass is 373 g/mol. The Balaban J connectivity index is 1.63. The topological polar surface area (TPSA) is 28.2 Å². The second kappa shape index (κ2) is 7.39. The molecule has 27 heavy (non-hydrogen) atoms. The molecule has 0 radical (unpaired) electrons. The van der Waals surface area contributed by atoms with Crippen molar-refractivity contribution in [3.8, 4) is 0 Å². The number of rotatable bonds is 3. The maximum absolute atomic E-state index is 5.07. The van der Waals surface area contributed by atoms with Gasteiger partial charge in [-0.15, -0.1) is 11.3 Å². The highest BCUT2D eigenvalue weighted by atomic mass is 32.1. The smallest absolute Gasteiger partial charge is 0.0871 e. The fraction of sp³-hybridized carbons (Fsp3) is 0.261. The first-order chi connectivity index (χ1) is 13.4. The molecule has 0 bridgehead atoms. The summed E-state index contributed by atoms with van der Waals surface area (Å²) in [6, 6.07) is 24.1. The Morgan fingerprint density at radius 1 is 0.889 bits per heavy atom. The van der Waals surface area contributed by atoms with Gasteiger partial charge < -0.3 is 5.32 Å². The molecule has 1 N–H and O–H groups in total. The summed E-state index contributed by atoms with van der Waals surface area (Å²) in [5.74, 6) is 0. The molecule has 0 saturated carbocycles. The molecule has 3 heterocycles. The van der Waals surface area contributed by atoms with Crippen molar-refractivity contribution in [1.29, 1.82) is 0 Å². The molecular formula is C23H23N3S. The van der Waals surface area contributed by atoms with Gasteiger partial charge in [0.05, 0.1) is 17.3 Å². The summed E-state index contributed by atoms with van der Waals surface area (Å²) in [5, 5.41) is 6.07. The quantitative estimate of drug-likeness (QED) is 0.557. The summed E-state index contributed by atoms with van der Waals surface area (Å²) in [4.78, 5) is 9.06. The third-order valence-corrected chi connectivity index (χ3v) is 6.52. The molecule has 4 heteroatoms. The van der Waals surface area contributed by atoms with Crippen LogP contribution in [0.25, 0.3) is 21.0 Å². The van der Waals surface area contributed by atoms with Gasteiger partial charge in [-0.1, -0.05) is 42.5 Å². The molecule has 1 fully saturated rings. The standard InChI is InChI=1S/C23H23N3S/c1-3-8-19-17(6-1)10-11-20(25-19)23(26-14-5-12-24-13-15-26)22-16-18-7-2-4-9-21(18)27-22/h1-4,6-11,16,23-24H,5,12-15H2. The van der Waals surface area contributed by atoms with Crippen LogP contribution in [0.1, 0.15) is 23.0 Å². The van der Waals surface area contributed by atoms with E-state index in [1.807, 2.05) is 11.3 Å². The Bertz CT molecular complexity index is 1030. The average Bonchev–Trinajstić information content (AvgIpc) is 2.95. The molecule has 136 valence electrons. The van der Waals surface area contributed by atoms with E-state index in [0.717, 1.165) is 37.4 Å². The lowest BCUT2D eigenvalue weighted by molar-refractivity contribution is 0.240. The Morgan fingerprint density at radius 2 is 1.74 bits per heavy atom. The lowest BCUT2D eigenvalue weighted by Crippen LogP contribution is -2.33. The summed E-state index contributed by atoms with van der Waals surface area (Å²) >= 11 is 1.90. The van der Waals surface area contributed by atoms with Crippen molar-refractivity contribution in [2.24, 2.45) is 0 Å². The van der Waals surface area contributed by atoms with Gasteiger partial charge in [0, 0.05) is 34.6 Å².